The summed E-state index contributed by atoms with van der Waals surface area (Å²) in [6, 6.07) is 8.65. The zero-order valence-corrected chi connectivity index (χ0v) is 14.1. The predicted octanol–water partition coefficient (Wildman–Crippen LogP) is 2.45. The SMILES string of the molecule is COc1ccc2[nH]cc(CCN=C(N)Nc3ncccc3[N+](=O)[O-])c2c1. The molecule has 26 heavy (non-hydrogen) atoms. The second-order valence-electron chi connectivity index (χ2n) is 5.50. The number of methoxy groups -OCH3 is 1. The predicted molar refractivity (Wildman–Crippen MR) is 99.6 cm³/mol. The lowest BCUT2D eigenvalue weighted by molar-refractivity contribution is -0.384. The Morgan fingerprint density at radius 1 is 1.46 bits per heavy atom. The van der Waals surface area contributed by atoms with Crippen molar-refractivity contribution in [1.29, 1.82) is 0 Å². The van der Waals surface area contributed by atoms with Gasteiger partial charge in [0, 0.05) is 35.9 Å². The number of benzene rings is 1. The molecule has 0 spiro atoms. The van der Waals surface area contributed by atoms with Crippen LogP contribution in [0, 0.1) is 10.1 Å². The van der Waals surface area contributed by atoms with Crippen LogP contribution in [0.3, 0.4) is 0 Å². The molecule has 0 aliphatic carbocycles. The third-order valence-corrected chi connectivity index (χ3v) is 3.87. The summed E-state index contributed by atoms with van der Waals surface area (Å²) in [5, 5.41) is 14.7. The Morgan fingerprint density at radius 2 is 2.31 bits per heavy atom. The molecule has 0 saturated heterocycles. The van der Waals surface area contributed by atoms with Gasteiger partial charge in [0.15, 0.2) is 5.96 Å². The van der Waals surface area contributed by atoms with E-state index in [1.165, 1.54) is 18.3 Å². The molecule has 9 nitrogen and oxygen atoms in total. The highest BCUT2D eigenvalue weighted by Gasteiger charge is 2.14. The van der Waals surface area contributed by atoms with E-state index in [0.717, 1.165) is 22.2 Å². The van der Waals surface area contributed by atoms with Crippen LogP contribution in [-0.4, -0.2) is 34.5 Å². The van der Waals surface area contributed by atoms with Crippen LogP contribution in [0.4, 0.5) is 11.5 Å². The number of guanidine groups is 1. The number of aromatic nitrogens is 2. The molecule has 0 fully saturated rings. The maximum absolute atomic E-state index is 11.0. The molecule has 3 rings (SSSR count). The van der Waals surface area contributed by atoms with Crippen molar-refractivity contribution in [1.82, 2.24) is 9.97 Å². The van der Waals surface area contributed by atoms with Crippen LogP contribution in [0.2, 0.25) is 0 Å². The molecule has 2 aromatic heterocycles. The monoisotopic (exact) mass is 354 g/mol. The standard InChI is InChI=1S/C17H18N6O3/c1-26-12-4-5-14-13(9-12)11(10-21-14)6-8-20-17(18)22-16-15(23(24)25)3-2-7-19-16/h2-5,7,9-10,21H,6,8H2,1H3,(H3,18,19,20,22). The molecular weight excluding hydrogens is 336 g/mol. The van der Waals surface area contributed by atoms with E-state index in [4.69, 9.17) is 10.5 Å². The van der Waals surface area contributed by atoms with Crippen molar-refractivity contribution in [2.24, 2.45) is 10.7 Å². The number of aliphatic imine (C=N–C) groups is 1. The maximum atomic E-state index is 11.0. The summed E-state index contributed by atoms with van der Waals surface area (Å²) < 4.78 is 5.25. The lowest BCUT2D eigenvalue weighted by Gasteiger charge is -2.05. The van der Waals surface area contributed by atoms with Gasteiger partial charge >= 0.3 is 5.69 Å². The summed E-state index contributed by atoms with van der Waals surface area (Å²) in [5.41, 5.74) is 7.76. The number of fused-ring (bicyclic) bond motifs is 1. The highest BCUT2D eigenvalue weighted by atomic mass is 16.6. The first-order valence-corrected chi connectivity index (χ1v) is 7.89. The highest BCUT2D eigenvalue weighted by Crippen LogP contribution is 2.24. The van der Waals surface area contributed by atoms with E-state index in [-0.39, 0.29) is 17.5 Å². The Balaban J connectivity index is 1.68. The van der Waals surface area contributed by atoms with Crippen molar-refractivity contribution in [2.45, 2.75) is 6.42 Å². The van der Waals surface area contributed by atoms with Crippen LogP contribution in [0.1, 0.15) is 5.56 Å². The van der Waals surface area contributed by atoms with E-state index in [1.54, 1.807) is 7.11 Å². The van der Waals surface area contributed by atoms with Gasteiger partial charge in [-0.15, -0.1) is 0 Å². The normalized spacial score (nSPS) is 11.5. The number of nitrogens with two attached hydrogens (primary N) is 1. The van der Waals surface area contributed by atoms with Crippen molar-refractivity contribution in [3.05, 3.63) is 58.4 Å². The molecule has 4 N–H and O–H groups in total. The Kier molecular flexibility index (Phi) is 4.97. The lowest BCUT2D eigenvalue weighted by Crippen LogP contribution is -2.24. The van der Waals surface area contributed by atoms with Gasteiger partial charge in [0.1, 0.15) is 5.75 Å². The number of aromatic amines is 1. The maximum Gasteiger partial charge on any atom is 0.311 e. The van der Waals surface area contributed by atoms with Gasteiger partial charge in [-0.2, -0.15) is 0 Å². The van der Waals surface area contributed by atoms with Gasteiger partial charge in [0.2, 0.25) is 5.82 Å². The molecule has 3 aromatic rings. The fourth-order valence-corrected chi connectivity index (χ4v) is 2.59. The van der Waals surface area contributed by atoms with E-state index >= 15 is 0 Å². The van der Waals surface area contributed by atoms with Gasteiger partial charge in [-0.25, -0.2) is 4.98 Å². The van der Waals surface area contributed by atoms with E-state index in [9.17, 15) is 10.1 Å². The molecule has 9 heteroatoms. The van der Waals surface area contributed by atoms with Crippen LogP contribution in [0.25, 0.3) is 10.9 Å². The van der Waals surface area contributed by atoms with Gasteiger partial charge in [0.05, 0.1) is 12.0 Å². The zero-order chi connectivity index (χ0) is 18.5. The molecular formula is C17H18N6O3. The number of nitro groups is 1. The summed E-state index contributed by atoms with van der Waals surface area (Å²) in [7, 11) is 1.63. The first-order valence-electron chi connectivity index (χ1n) is 7.89. The molecule has 0 bridgehead atoms. The molecule has 0 atom stereocenters. The molecule has 0 saturated carbocycles. The summed E-state index contributed by atoms with van der Waals surface area (Å²) >= 11 is 0. The molecule has 0 unspecified atom stereocenters. The number of H-pyrrole nitrogens is 1. The Morgan fingerprint density at radius 3 is 3.08 bits per heavy atom. The average Bonchev–Trinajstić information content (AvgIpc) is 3.04. The zero-order valence-electron chi connectivity index (χ0n) is 14.1. The molecule has 0 amide bonds. The smallest absolute Gasteiger partial charge is 0.311 e. The van der Waals surface area contributed by atoms with E-state index in [1.807, 2.05) is 24.4 Å². The molecule has 1 aromatic carbocycles. The van der Waals surface area contributed by atoms with Gasteiger partial charge in [-0.05, 0) is 36.2 Å². The summed E-state index contributed by atoms with van der Waals surface area (Å²) in [6.07, 6.45) is 4.02. The number of nitrogens with zero attached hydrogens (tertiary/aromatic N) is 3. The van der Waals surface area contributed by atoms with Crippen molar-refractivity contribution in [3.63, 3.8) is 0 Å². The van der Waals surface area contributed by atoms with Crippen molar-refractivity contribution in [2.75, 3.05) is 19.0 Å². The first-order chi connectivity index (χ1) is 12.6. The number of anilines is 1. The van der Waals surface area contributed by atoms with Gasteiger partial charge in [-0.3, -0.25) is 15.1 Å². The number of pyridine rings is 1. The van der Waals surface area contributed by atoms with Gasteiger partial charge in [-0.1, -0.05) is 0 Å². The third kappa shape index (κ3) is 3.72. The van der Waals surface area contributed by atoms with Crippen LogP contribution >= 0.6 is 0 Å². The van der Waals surface area contributed by atoms with E-state index in [2.05, 4.69) is 20.3 Å². The summed E-state index contributed by atoms with van der Waals surface area (Å²) in [4.78, 5) is 21.8. The number of ether oxygens (including phenoxy) is 1. The Bertz CT molecular complexity index is 966. The van der Waals surface area contributed by atoms with E-state index in [0.29, 0.717) is 13.0 Å². The molecule has 2 heterocycles. The van der Waals surface area contributed by atoms with Gasteiger partial charge in [0.25, 0.3) is 0 Å². The average molecular weight is 354 g/mol. The fourth-order valence-electron chi connectivity index (χ4n) is 2.59. The van der Waals surface area contributed by atoms with Crippen LogP contribution in [0.15, 0.2) is 47.7 Å². The van der Waals surface area contributed by atoms with Crippen molar-refractivity contribution < 1.29 is 9.66 Å². The molecule has 134 valence electrons. The van der Waals surface area contributed by atoms with Crippen LogP contribution < -0.4 is 15.8 Å². The number of hydrogen-bond donors (Lipinski definition) is 3. The topological polar surface area (TPSA) is 131 Å². The van der Waals surface area contributed by atoms with Crippen molar-refractivity contribution in [3.8, 4) is 5.75 Å². The number of hydrogen-bond acceptors (Lipinski definition) is 5. The summed E-state index contributed by atoms with van der Waals surface area (Å²) in [5.74, 6) is 0.922. The second kappa shape index (κ2) is 7.51. The lowest BCUT2D eigenvalue weighted by atomic mass is 10.1. The minimum atomic E-state index is -0.526. The number of rotatable bonds is 6. The first kappa shape index (κ1) is 17.2. The minimum Gasteiger partial charge on any atom is -0.497 e. The fraction of sp³-hybridized carbons (Fsp3) is 0.176. The Hall–Kier alpha value is -3.62. The molecule has 0 aliphatic heterocycles. The third-order valence-electron chi connectivity index (χ3n) is 3.87. The van der Waals surface area contributed by atoms with Crippen LogP contribution in [-0.2, 0) is 6.42 Å². The quantitative estimate of drug-likeness (QED) is 0.270. The largest absolute Gasteiger partial charge is 0.497 e. The second-order valence-corrected chi connectivity index (χ2v) is 5.50. The van der Waals surface area contributed by atoms with Crippen molar-refractivity contribution >= 4 is 28.4 Å². The van der Waals surface area contributed by atoms with Crippen LogP contribution in [0.5, 0.6) is 5.75 Å². The minimum absolute atomic E-state index is 0.0654. The molecule has 0 aliphatic rings. The van der Waals surface area contributed by atoms with Gasteiger partial charge < -0.3 is 20.8 Å². The summed E-state index contributed by atoms with van der Waals surface area (Å²) in [6.45, 7) is 0.420. The van der Waals surface area contributed by atoms with E-state index < -0.39 is 4.92 Å². The molecule has 0 radical (unpaired) electrons. The number of nitrogens with one attached hydrogen (secondary N) is 2. The Labute approximate surface area is 149 Å². The highest BCUT2D eigenvalue weighted by molar-refractivity contribution is 5.93.